The number of nitrogens with zero attached hydrogens (tertiary/aromatic N) is 2. The van der Waals surface area contributed by atoms with Gasteiger partial charge in [0, 0.05) is 45.5 Å². The number of ether oxygens (including phenoxy) is 1. The van der Waals surface area contributed by atoms with E-state index in [-0.39, 0.29) is 5.91 Å². The molecule has 0 aliphatic heterocycles. The number of aromatic nitrogens is 2. The summed E-state index contributed by atoms with van der Waals surface area (Å²) in [6.07, 6.45) is 3.26. The molecule has 0 saturated carbocycles. The minimum atomic E-state index is -0.216. The van der Waals surface area contributed by atoms with Crippen molar-refractivity contribution < 1.29 is 9.53 Å². The van der Waals surface area contributed by atoms with E-state index in [1.165, 1.54) is 0 Å². The number of thiophene rings is 1. The van der Waals surface area contributed by atoms with E-state index in [9.17, 15) is 4.79 Å². The van der Waals surface area contributed by atoms with Crippen LogP contribution in [0.3, 0.4) is 0 Å². The number of amides is 1. The molecule has 1 amide bonds. The molecule has 1 aromatic carbocycles. The quantitative estimate of drug-likeness (QED) is 0.443. The number of anilines is 1. The molecule has 0 spiro atoms. The van der Waals surface area contributed by atoms with E-state index >= 15 is 0 Å². The van der Waals surface area contributed by atoms with Crippen LogP contribution in [0.5, 0.6) is 5.75 Å². The maximum absolute atomic E-state index is 12.4. The van der Waals surface area contributed by atoms with Crippen LogP contribution in [0, 0.1) is 6.92 Å². The fourth-order valence-electron chi connectivity index (χ4n) is 2.74. The zero-order valence-corrected chi connectivity index (χ0v) is 16.6. The fourth-order valence-corrected chi connectivity index (χ4v) is 4.01. The molecule has 1 N–H and O–H groups in total. The Labute approximate surface area is 171 Å². The number of nitrogens with one attached hydrogen (secondary N) is 1. The van der Waals surface area contributed by atoms with Crippen LogP contribution in [-0.2, 0) is 6.61 Å². The number of halogens is 1. The van der Waals surface area contributed by atoms with Crippen LogP contribution in [0.25, 0.3) is 10.1 Å². The van der Waals surface area contributed by atoms with Gasteiger partial charge in [-0.3, -0.25) is 9.78 Å². The molecule has 28 heavy (non-hydrogen) atoms. The zero-order valence-electron chi connectivity index (χ0n) is 15.0. The summed E-state index contributed by atoms with van der Waals surface area (Å²) in [6, 6.07) is 12.8. The van der Waals surface area contributed by atoms with Crippen molar-refractivity contribution in [1.29, 1.82) is 0 Å². The van der Waals surface area contributed by atoms with Crippen molar-refractivity contribution in [3.8, 4) is 5.75 Å². The molecular weight excluding hydrogens is 394 g/mol. The number of aryl methyl sites for hydroxylation is 1. The number of benzene rings is 1. The summed E-state index contributed by atoms with van der Waals surface area (Å²) in [7, 11) is 0. The lowest BCUT2D eigenvalue weighted by Gasteiger charge is -2.09. The van der Waals surface area contributed by atoms with E-state index < -0.39 is 0 Å². The second-order valence-corrected chi connectivity index (χ2v) is 7.46. The van der Waals surface area contributed by atoms with Gasteiger partial charge < -0.3 is 10.1 Å². The average Bonchev–Trinajstić information content (AvgIpc) is 3.12. The molecule has 0 fully saturated rings. The average molecular weight is 410 g/mol. The predicted molar refractivity (Wildman–Crippen MR) is 112 cm³/mol. The molecular formula is C21H16ClN3O2S. The third-order valence-electron chi connectivity index (χ3n) is 4.18. The summed E-state index contributed by atoms with van der Waals surface area (Å²) < 4.78 is 6.99. The Morgan fingerprint density at radius 1 is 1.21 bits per heavy atom. The molecule has 3 heterocycles. The first-order chi connectivity index (χ1) is 13.6. The van der Waals surface area contributed by atoms with Gasteiger partial charge in [0.2, 0.25) is 0 Å². The molecule has 4 aromatic rings. The lowest BCUT2D eigenvalue weighted by molar-refractivity contribution is 0.102. The number of carbonyl (C=O) groups excluding carboxylic acids is 1. The first kappa shape index (κ1) is 18.4. The van der Waals surface area contributed by atoms with Gasteiger partial charge in [-0.25, -0.2) is 4.98 Å². The minimum absolute atomic E-state index is 0.216. The number of fused-ring (bicyclic) bond motifs is 1. The molecule has 0 aliphatic carbocycles. The highest BCUT2D eigenvalue weighted by molar-refractivity contribution is 7.17. The lowest BCUT2D eigenvalue weighted by Crippen LogP contribution is -2.12. The predicted octanol–water partition coefficient (Wildman–Crippen LogP) is 5.48. The van der Waals surface area contributed by atoms with E-state index in [0.29, 0.717) is 28.8 Å². The topological polar surface area (TPSA) is 64.1 Å². The monoisotopic (exact) mass is 409 g/mol. The van der Waals surface area contributed by atoms with E-state index in [1.807, 2.05) is 36.6 Å². The molecule has 0 saturated heterocycles. The zero-order chi connectivity index (χ0) is 19.5. The van der Waals surface area contributed by atoms with Gasteiger partial charge in [-0.2, -0.15) is 0 Å². The molecule has 0 bridgehead atoms. The molecule has 0 aliphatic rings. The Hall–Kier alpha value is -2.96. The summed E-state index contributed by atoms with van der Waals surface area (Å²) in [6.45, 7) is 2.24. The van der Waals surface area contributed by atoms with Crippen LogP contribution >= 0.6 is 22.9 Å². The van der Waals surface area contributed by atoms with Gasteiger partial charge in [0.25, 0.3) is 5.91 Å². The van der Waals surface area contributed by atoms with Crippen LogP contribution in [0.15, 0.2) is 60.2 Å². The number of carbonyl (C=O) groups is 1. The SMILES string of the molecule is Cc1ccc(C(=O)Nc2cccc(OCc3csc4ccnc(Cl)c34)c2)cn1. The van der Waals surface area contributed by atoms with Crippen LogP contribution in [-0.4, -0.2) is 15.9 Å². The Morgan fingerprint density at radius 3 is 2.93 bits per heavy atom. The first-order valence-electron chi connectivity index (χ1n) is 8.57. The van der Waals surface area contributed by atoms with Crippen molar-refractivity contribution in [2.24, 2.45) is 0 Å². The summed E-state index contributed by atoms with van der Waals surface area (Å²) in [5.41, 5.74) is 3.00. The second kappa shape index (κ2) is 7.96. The van der Waals surface area contributed by atoms with Gasteiger partial charge in [-0.05, 0) is 42.6 Å². The van der Waals surface area contributed by atoms with Crippen molar-refractivity contribution >= 4 is 44.6 Å². The standard InChI is InChI=1S/C21H16ClN3O2S/c1-13-5-6-14(10-24-13)21(26)25-16-3-2-4-17(9-16)27-11-15-12-28-18-7-8-23-20(22)19(15)18/h2-10,12H,11H2,1H3,(H,25,26). The Morgan fingerprint density at radius 2 is 2.11 bits per heavy atom. The summed E-state index contributed by atoms with van der Waals surface area (Å²) in [5.74, 6) is 0.436. The highest BCUT2D eigenvalue weighted by atomic mass is 35.5. The highest BCUT2D eigenvalue weighted by Gasteiger charge is 2.10. The van der Waals surface area contributed by atoms with Crippen LogP contribution in [0.1, 0.15) is 21.6 Å². The summed E-state index contributed by atoms with van der Waals surface area (Å²) in [4.78, 5) is 20.6. The lowest BCUT2D eigenvalue weighted by atomic mass is 10.2. The van der Waals surface area contributed by atoms with Gasteiger partial charge in [0.1, 0.15) is 17.5 Å². The smallest absolute Gasteiger partial charge is 0.257 e. The third kappa shape index (κ3) is 3.98. The fraction of sp³-hybridized carbons (Fsp3) is 0.0952. The van der Waals surface area contributed by atoms with E-state index in [4.69, 9.17) is 16.3 Å². The Balaban J connectivity index is 1.46. The van der Waals surface area contributed by atoms with Crippen LogP contribution < -0.4 is 10.1 Å². The summed E-state index contributed by atoms with van der Waals surface area (Å²) >= 11 is 7.83. The third-order valence-corrected chi connectivity index (χ3v) is 5.46. The van der Waals surface area contributed by atoms with Gasteiger partial charge >= 0.3 is 0 Å². The highest BCUT2D eigenvalue weighted by Crippen LogP contribution is 2.31. The Kier molecular flexibility index (Phi) is 5.23. The van der Waals surface area contributed by atoms with Crippen LogP contribution in [0.2, 0.25) is 5.15 Å². The number of hydrogen-bond donors (Lipinski definition) is 1. The van der Waals surface area contributed by atoms with Gasteiger partial charge in [-0.15, -0.1) is 11.3 Å². The van der Waals surface area contributed by atoms with E-state index in [0.717, 1.165) is 21.3 Å². The molecule has 0 atom stereocenters. The van der Waals surface area contributed by atoms with Crippen molar-refractivity contribution in [2.45, 2.75) is 13.5 Å². The first-order valence-corrected chi connectivity index (χ1v) is 9.83. The number of pyridine rings is 2. The molecule has 140 valence electrons. The summed E-state index contributed by atoms with van der Waals surface area (Å²) in [5, 5.41) is 6.28. The molecule has 0 radical (unpaired) electrons. The van der Waals surface area contributed by atoms with Crippen molar-refractivity contribution in [3.05, 3.63) is 82.2 Å². The van der Waals surface area contributed by atoms with E-state index in [1.54, 1.807) is 41.9 Å². The molecule has 5 nitrogen and oxygen atoms in total. The van der Waals surface area contributed by atoms with Gasteiger partial charge in [0.05, 0.1) is 5.56 Å². The van der Waals surface area contributed by atoms with Crippen LogP contribution in [0.4, 0.5) is 5.69 Å². The minimum Gasteiger partial charge on any atom is -0.489 e. The van der Waals surface area contributed by atoms with Crippen molar-refractivity contribution in [3.63, 3.8) is 0 Å². The molecule has 7 heteroatoms. The molecule has 3 aromatic heterocycles. The normalized spacial score (nSPS) is 10.8. The second-order valence-electron chi connectivity index (χ2n) is 6.19. The largest absolute Gasteiger partial charge is 0.489 e. The number of hydrogen-bond acceptors (Lipinski definition) is 5. The Bertz CT molecular complexity index is 1140. The van der Waals surface area contributed by atoms with Crippen molar-refractivity contribution in [1.82, 2.24) is 9.97 Å². The van der Waals surface area contributed by atoms with E-state index in [2.05, 4.69) is 15.3 Å². The van der Waals surface area contributed by atoms with Gasteiger partial charge in [0.15, 0.2) is 0 Å². The molecule has 4 rings (SSSR count). The van der Waals surface area contributed by atoms with Gasteiger partial charge in [-0.1, -0.05) is 17.7 Å². The maximum Gasteiger partial charge on any atom is 0.257 e. The molecule has 0 unspecified atom stereocenters. The van der Waals surface area contributed by atoms with Crippen molar-refractivity contribution in [2.75, 3.05) is 5.32 Å². The number of rotatable bonds is 5. The maximum atomic E-state index is 12.4.